The maximum Gasteiger partial charge on any atom is 0.191 e. The summed E-state index contributed by atoms with van der Waals surface area (Å²) in [5.74, 6) is 0.771. The number of halogens is 2. The van der Waals surface area contributed by atoms with Crippen molar-refractivity contribution in [1.29, 1.82) is 0 Å². The fourth-order valence-electron chi connectivity index (χ4n) is 2.53. The second-order valence-electron chi connectivity index (χ2n) is 5.94. The van der Waals surface area contributed by atoms with E-state index in [0.717, 1.165) is 42.5 Å². The first kappa shape index (κ1) is 21.5. The van der Waals surface area contributed by atoms with E-state index in [9.17, 15) is 0 Å². The second-order valence-corrected chi connectivity index (χ2v) is 6.37. The van der Waals surface area contributed by atoms with Crippen molar-refractivity contribution in [3.63, 3.8) is 0 Å². The van der Waals surface area contributed by atoms with Crippen LogP contribution in [0.1, 0.15) is 25.3 Å². The number of hydrogen-bond acceptors (Lipinski definition) is 3. The molecule has 1 saturated heterocycles. The molecule has 0 radical (unpaired) electrons. The lowest BCUT2D eigenvalue weighted by molar-refractivity contribution is 0.0242. The van der Waals surface area contributed by atoms with Crippen LogP contribution in [-0.4, -0.2) is 44.9 Å². The predicted octanol–water partition coefficient (Wildman–Crippen LogP) is 3.21. The molecule has 1 aromatic rings. The molecule has 1 aliphatic rings. The second kappa shape index (κ2) is 11.1. The highest BCUT2D eigenvalue weighted by atomic mass is 127. The summed E-state index contributed by atoms with van der Waals surface area (Å²) >= 11 is 5.94. The van der Waals surface area contributed by atoms with E-state index in [1.807, 2.05) is 24.3 Å². The molecule has 1 aliphatic heterocycles. The number of rotatable bonds is 7. The maximum atomic E-state index is 5.94. The van der Waals surface area contributed by atoms with Crippen LogP contribution in [-0.2, 0) is 16.1 Å². The van der Waals surface area contributed by atoms with E-state index in [-0.39, 0.29) is 29.6 Å². The Hall–Kier alpha value is -0.570. The van der Waals surface area contributed by atoms with Crippen LogP contribution in [0.4, 0.5) is 0 Å². The monoisotopic (exact) mass is 467 g/mol. The van der Waals surface area contributed by atoms with Crippen LogP contribution in [0.3, 0.4) is 0 Å². The zero-order valence-electron chi connectivity index (χ0n) is 14.3. The van der Waals surface area contributed by atoms with Gasteiger partial charge >= 0.3 is 0 Å². The first-order chi connectivity index (χ1) is 11.1. The van der Waals surface area contributed by atoms with Crippen LogP contribution >= 0.6 is 35.6 Å². The Balaban J connectivity index is 0.00000288. The lowest BCUT2D eigenvalue weighted by Crippen LogP contribution is -2.46. The van der Waals surface area contributed by atoms with Crippen molar-refractivity contribution in [3.8, 4) is 0 Å². The van der Waals surface area contributed by atoms with Crippen molar-refractivity contribution >= 4 is 41.5 Å². The Morgan fingerprint density at radius 1 is 1.42 bits per heavy atom. The van der Waals surface area contributed by atoms with Gasteiger partial charge in [-0.3, -0.25) is 4.99 Å². The highest BCUT2D eigenvalue weighted by molar-refractivity contribution is 14.0. The Morgan fingerprint density at radius 3 is 2.92 bits per heavy atom. The van der Waals surface area contributed by atoms with Gasteiger partial charge in [-0.15, -0.1) is 24.0 Å². The molecule has 24 heavy (non-hydrogen) atoms. The molecule has 2 rings (SSSR count). The molecule has 0 amide bonds. The SMILES string of the molecule is CN=C(NCCOCc1cccc(Cl)c1)NCC1(C)CCCO1.I. The molecule has 1 fully saturated rings. The minimum atomic E-state index is -0.0826. The zero-order chi connectivity index (χ0) is 16.5. The smallest absolute Gasteiger partial charge is 0.191 e. The van der Waals surface area contributed by atoms with Gasteiger partial charge in [-0.25, -0.2) is 0 Å². The van der Waals surface area contributed by atoms with Gasteiger partial charge in [-0.2, -0.15) is 0 Å². The predicted molar refractivity (Wildman–Crippen MR) is 109 cm³/mol. The van der Waals surface area contributed by atoms with Gasteiger partial charge in [0, 0.05) is 31.8 Å². The quantitative estimate of drug-likeness (QED) is 0.280. The Bertz CT molecular complexity index is 522. The van der Waals surface area contributed by atoms with E-state index in [0.29, 0.717) is 19.8 Å². The Labute approximate surface area is 166 Å². The summed E-state index contributed by atoms with van der Waals surface area (Å²) in [5, 5.41) is 7.28. The van der Waals surface area contributed by atoms with E-state index in [4.69, 9.17) is 21.1 Å². The van der Waals surface area contributed by atoms with Crippen molar-refractivity contribution in [1.82, 2.24) is 10.6 Å². The molecular formula is C17H27ClIN3O2. The molecule has 136 valence electrons. The fourth-order valence-corrected chi connectivity index (χ4v) is 2.74. The zero-order valence-corrected chi connectivity index (χ0v) is 17.4. The number of guanidine groups is 1. The van der Waals surface area contributed by atoms with Gasteiger partial charge in [-0.05, 0) is 37.5 Å². The highest BCUT2D eigenvalue weighted by Gasteiger charge is 2.29. The summed E-state index contributed by atoms with van der Waals surface area (Å²) in [5.41, 5.74) is 0.993. The Kier molecular flexibility index (Phi) is 9.95. The molecular weight excluding hydrogens is 441 g/mol. The molecule has 1 aromatic carbocycles. The number of ether oxygens (including phenoxy) is 2. The number of aliphatic imine (C=N–C) groups is 1. The van der Waals surface area contributed by atoms with Crippen molar-refractivity contribution in [3.05, 3.63) is 34.9 Å². The molecule has 0 spiro atoms. The molecule has 1 unspecified atom stereocenters. The normalized spacial score (nSPS) is 20.5. The summed E-state index contributed by atoms with van der Waals surface area (Å²) in [6.07, 6.45) is 2.21. The molecule has 7 heteroatoms. The first-order valence-corrected chi connectivity index (χ1v) is 8.40. The third kappa shape index (κ3) is 7.55. The van der Waals surface area contributed by atoms with Gasteiger partial charge in [0.2, 0.25) is 0 Å². The van der Waals surface area contributed by atoms with Gasteiger partial charge in [0.05, 0.1) is 18.8 Å². The third-order valence-corrected chi connectivity index (χ3v) is 4.09. The third-order valence-electron chi connectivity index (χ3n) is 3.85. The van der Waals surface area contributed by atoms with Crippen LogP contribution in [0.25, 0.3) is 0 Å². The number of nitrogens with zero attached hydrogens (tertiary/aromatic N) is 1. The first-order valence-electron chi connectivity index (χ1n) is 8.02. The van der Waals surface area contributed by atoms with Gasteiger partial charge in [0.25, 0.3) is 0 Å². The van der Waals surface area contributed by atoms with Crippen molar-refractivity contribution in [2.75, 3.05) is 33.4 Å². The Morgan fingerprint density at radius 2 is 2.25 bits per heavy atom. The number of nitrogens with one attached hydrogen (secondary N) is 2. The summed E-state index contributed by atoms with van der Waals surface area (Å²) in [7, 11) is 1.76. The van der Waals surface area contributed by atoms with Crippen LogP contribution in [0.5, 0.6) is 0 Å². The molecule has 0 bridgehead atoms. The minimum Gasteiger partial charge on any atom is -0.375 e. The molecule has 2 N–H and O–H groups in total. The molecule has 1 atom stereocenters. The van der Waals surface area contributed by atoms with Crippen molar-refractivity contribution in [2.24, 2.45) is 4.99 Å². The summed E-state index contributed by atoms with van der Waals surface area (Å²) in [4.78, 5) is 4.21. The van der Waals surface area contributed by atoms with Gasteiger partial charge < -0.3 is 20.1 Å². The van der Waals surface area contributed by atoms with Gasteiger partial charge in [0.1, 0.15) is 0 Å². The molecule has 5 nitrogen and oxygen atoms in total. The maximum absolute atomic E-state index is 5.94. The minimum absolute atomic E-state index is 0. The van der Waals surface area contributed by atoms with Crippen LogP contribution in [0.2, 0.25) is 5.02 Å². The van der Waals surface area contributed by atoms with Crippen LogP contribution < -0.4 is 10.6 Å². The number of benzene rings is 1. The van der Waals surface area contributed by atoms with Crippen LogP contribution in [0, 0.1) is 0 Å². The number of hydrogen-bond donors (Lipinski definition) is 2. The largest absolute Gasteiger partial charge is 0.375 e. The summed E-state index contributed by atoms with van der Waals surface area (Å²) < 4.78 is 11.4. The summed E-state index contributed by atoms with van der Waals surface area (Å²) in [6.45, 7) is 5.59. The van der Waals surface area contributed by atoms with Crippen molar-refractivity contribution < 1.29 is 9.47 Å². The summed E-state index contributed by atoms with van der Waals surface area (Å²) in [6, 6.07) is 7.70. The lowest BCUT2D eigenvalue weighted by Gasteiger charge is -2.24. The highest BCUT2D eigenvalue weighted by Crippen LogP contribution is 2.23. The topological polar surface area (TPSA) is 54.9 Å². The van der Waals surface area contributed by atoms with Gasteiger partial charge in [0.15, 0.2) is 5.96 Å². The average molecular weight is 468 g/mol. The van der Waals surface area contributed by atoms with E-state index >= 15 is 0 Å². The average Bonchev–Trinajstić information content (AvgIpc) is 2.97. The van der Waals surface area contributed by atoms with Crippen molar-refractivity contribution in [2.45, 2.75) is 32.0 Å². The lowest BCUT2D eigenvalue weighted by atomic mass is 10.0. The van der Waals surface area contributed by atoms with E-state index in [1.165, 1.54) is 0 Å². The van der Waals surface area contributed by atoms with E-state index in [1.54, 1.807) is 7.05 Å². The fraction of sp³-hybridized carbons (Fsp3) is 0.588. The van der Waals surface area contributed by atoms with E-state index in [2.05, 4.69) is 22.5 Å². The molecule has 1 heterocycles. The van der Waals surface area contributed by atoms with Crippen LogP contribution in [0.15, 0.2) is 29.3 Å². The molecule has 0 saturated carbocycles. The van der Waals surface area contributed by atoms with Gasteiger partial charge in [-0.1, -0.05) is 23.7 Å². The molecule has 0 aliphatic carbocycles. The molecule has 0 aromatic heterocycles. The van der Waals surface area contributed by atoms with E-state index < -0.39 is 0 Å². The standard InChI is InChI=1S/C17H26ClN3O2.HI/c1-17(7-4-9-23-17)13-21-16(19-2)20-8-10-22-12-14-5-3-6-15(18)11-14;/h3,5-6,11H,4,7-10,12-13H2,1-2H3,(H2,19,20,21);1H.